The summed E-state index contributed by atoms with van der Waals surface area (Å²) in [7, 11) is 0. The number of hydrogen-bond acceptors (Lipinski definition) is 7. The van der Waals surface area contributed by atoms with Crippen molar-refractivity contribution in [3.8, 4) is 0 Å². The van der Waals surface area contributed by atoms with E-state index in [1.807, 2.05) is 0 Å². The van der Waals surface area contributed by atoms with Gasteiger partial charge < -0.3 is 9.47 Å². The zero-order valence-electron chi connectivity index (χ0n) is 9.21. The standard InChI is InChI=1S/C9H10N4O4/c1-9(2)16-7(14)6(8(15)17-9)3-12-13-4-10-11-5-13/h3-5,12H,1-2H3. The second-order valence-electron chi connectivity index (χ2n) is 3.74. The lowest BCUT2D eigenvalue weighted by Crippen LogP contribution is -2.42. The van der Waals surface area contributed by atoms with E-state index in [0.29, 0.717) is 0 Å². The van der Waals surface area contributed by atoms with E-state index in [9.17, 15) is 9.59 Å². The number of carbonyl (C=O) groups excluding carboxylic acids is 2. The second-order valence-corrected chi connectivity index (χ2v) is 3.74. The molecule has 8 nitrogen and oxygen atoms in total. The Balaban J connectivity index is 2.13. The highest BCUT2D eigenvalue weighted by Gasteiger charge is 2.38. The lowest BCUT2D eigenvalue weighted by atomic mass is 10.2. The summed E-state index contributed by atoms with van der Waals surface area (Å²) in [6.07, 6.45) is 3.89. The van der Waals surface area contributed by atoms with Gasteiger partial charge in [0, 0.05) is 20.0 Å². The van der Waals surface area contributed by atoms with Crippen molar-refractivity contribution in [3.63, 3.8) is 0 Å². The third-order valence-electron chi connectivity index (χ3n) is 1.89. The Morgan fingerprint density at radius 3 is 2.29 bits per heavy atom. The number of rotatable bonds is 2. The van der Waals surface area contributed by atoms with Gasteiger partial charge >= 0.3 is 11.9 Å². The summed E-state index contributed by atoms with van der Waals surface area (Å²) in [6, 6.07) is 0. The van der Waals surface area contributed by atoms with Crippen molar-refractivity contribution in [2.45, 2.75) is 19.6 Å². The van der Waals surface area contributed by atoms with Crippen LogP contribution in [0.5, 0.6) is 0 Å². The SMILES string of the molecule is CC1(C)OC(=O)C(=CNn2cnnc2)C(=O)O1. The van der Waals surface area contributed by atoms with Crippen LogP contribution in [0.3, 0.4) is 0 Å². The molecule has 1 aromatic heterocycles. The van der Waals surface area contributed by atoms with Crippen LogP contribution in [-0.4, -0.2) is 32.6 Å². The van der Waals surface area contributed by atoms with Crippen LogP contribution in [0.25, 0.3) is 0 Å². The van der Waals surface area contributed by atoms with Crippen molar-refractivity contribution < 1.29 is 19.1 Å². The summed E-state index contributed by atoms with van der Waals surface area (Å²) >= 11 is 0. The van der Waals surface area contributed by atoms with Crippen LogP contribution in [0, 0.1) is 0 Å². The van der Waals surface area contributed by atoms with Crippen molar-refractivity contribution in [3.05, 3.63) is 24.4 Å². The molecule has 0 unspecified atom stereocenters. The lowest BCUT2D eigenvalue weighted by molar-refractivity contribution is -0.222. The first kappa shape index (κ1) is 11.1. The zero-order chi connectivity index (χ0) is 12.5. The van der Waals surface area contributed by atoms with E-state index in [1.165, 1.54) is 37.4 Å². The molecule has 0 spiro atoms. The second kappa shape index (κ2) is 3.89. The first-order valence-corrected chi connectivity index (χ1v) is 4.76. The van der Waals surface area contributed by atoms with Crippen molar-refractivity contribution in [1.82, 2.24) is 14.9 Å². The van der Waals surface area contributed by atoms with Gasteiger partial charge in [0.15, 0.2) is 5.57 Å². The van der Waals surface area contributed by atoms with Gasteiger partial charge in [-0.1, -0.05) is 0 Å². The van der Waals surface area contributed by atoms with E-state index < -0.39 is 17.7 Å². The molecule has 0 atom stereocenters. The van der Waals surface area contributed by atoms with E-state index in [1.54, 1.807) is 0 Å². The zero-order valence-corrected chi connectivity index (χ0v) is 9.21. The van der Waals surface area contributed by atoms with Gasteiger partial charge in [-0.25, -0.2) is 14.3 Å². The minimum atomic E-state index is -1.23. The van der Waals surface area contributed by atoms with Crippen LogP contribution in [-0.2, 0) is 19.1 Å². The molecule has 0 amide bonds. The van der Waals surface area contributed by atoms with Crippen LogP contribution in [0.15, 0.2) is 24.4 Å². The van der Waals surface area contributed by atoms with Crippen LogP contribution < -0.4 is 5.43 Å². The molecular weight excluding hydrogens is 228 g/mol. The average molecular weight is 238 g/mol. The Labute approximate surface area is 96.2 Å². The van der Waals surface area contributed by atoms with Crippen LogP contribution in [0.4, 0.5) is 0 Å². The minimum Gasteiger partial charge on any atom is -0.419 e. The number of aromatic nitrogens is 3. The fourth-order valence-electron chi connectivity index (χ4n) is 1.18. The highest BCUT2D eigenvalue weighted by molar-refractivity contribution is 6.15. The monoisotopic (exact) mass is 238 g/mol. The molecule has 0 aromatic carbocycles. The maximum absolute atomic E-state index is 11.5. The molecule has 0 aliphatic carbocycles. The first-order valence-electron chi connectivity index (χ1n) is 4.76. The Bertz CT molecular complexity index is 455. The fraction of sp³-hybridized carbons (Fsp3) is 0.333. The maximum atomic E-state index is 11.5. The van der Waals surface area contributed by atoms with E-state index >= 15 is 0 Å². The molecule has 1 aromatic rings. The highest BCUT2D eigenvalue weighted by Crippen LogP contribution is 2.21. The van der Waals surface area contributed by atoms with E-state index in [4.69, 9.17) is 9.47 Å². The van der Waals surface area contributed by atoms with Gasteiger partial charge in [-0.05, 0) is 0 Å². The minimum absolute atomic E-state index is 0.224. The van der Waals surface area contributed by atoms with Gasteiger partial charge in [0.2, 0.25) is 0 Å². The van der Waals surface area contributed by atoms with Crippen LogP contribution >= 0.6 is 0 Å². The molecule has 2 heterocycles. The normalized spacial score (nSPS) is 18.4. The van der Waals surface area contributed by atoms with Gasteiger partial charge in [0.1, 0.15) is 12.7 Å². The third kappa shape index (κ3) is 2.41. The molecule has 0 radical (unpaired) electrons. The van der Waals surface area contributed by atoms with Gasteiger partial charge in [0.25, 0.3) is 5.79 Å². The number of ether oxygens (including phenoxy) is 2. The first-order chi connectivity index (χ1) is 7.98. The number of esters is 2. The number of nitrogens with one attached hydrogen (secondary N) is 1. The molecular formula is C9H10N4O4. The Hall–Kier alpha value is -2.38. The van der Waals surface area contributed by atoms with Crippen molar-refractivity contribution in [2.75, 3.05) is 5.43 Å². The van der Waals surface area contributed by atoms with E-state index in [0.717, 1.165) is 0 Å². The predicted octanol–water partition coefficient (Wildman–Crippen LogP) is -0.458. The summed E-state index contributed by atoms with van der Waals surface area (Å²) in [5.74, 6) is -2.72. The van der Waals surface area contributed by atoms with Crippen LogP contribution in [0.1, 0.15) is 13.8 Å². The van der Waals surface area contributed by atoms with Crippen LogP contribution in [0.2, 0.25) is 0 Å². The molecule has 1 saturated heterocycles. The summed E-state index contributed by atoms with van der Waals surface area (Å²) < 4.78 is 11.1. The molecule has 2 rings (SSSR count). The maximum Gasteiger partial charge on any atom is 0.350 e. The molecule has 8 heteroatoms. The summed E-state index contributed by atoms with van der Waals surface area (Å²) in [5, 5.41) is 7.07. The number of nitrogens with zero attached hydrogens (tertiary/aromatic N) is 3. The molecule has 1 aliphatic rings. The fourth-order valence-corrected chi connectivity index (χ4v) is 1.18. The molecule has 1 fully saturated rings. The van der Waals surface area contributed by atoms with Crippen molar-refractivity contribution in [1.29, 1.82) is 0 Å². The van der Waals surface area contributed by atoms with E-state index in [-0.39, 0.29) is 5.57 Å². The molecule has 0 saturated carbocycles. The van der Waals surface area contributed by atoms with Crippen molar-refractivity contribution >= 4 is 11.9 Å². The van der Waals surface area contributed by atoms with Gasteiger partial charge in [-0.15, -0.1) is 10.2 Å². The van der Waals surface area contributed by atoms with Crippen molar-refractivity contribution in [2.24, 2.45) is 0 Å². The number of cyclic esters (lactones) is 2. The molecule has 17 heavy (non-hydrogen) atoms. The molecule has 1 aliphatic heterocycles. The largest absolute Gasteiger partial charge is 0.419 e. The van der Waals surface area contributed by atoms with Gasteiger partial charge in [-0.3, -0.25) is 5.43 Å². The summed E-state index contributed by atoms with van der Waals surface area (Å²) in [4.78, 5) is 23.0. The topological polar surface area (TPSA) is 95.3 Å². The molecule has 0 bridgehead atoms. The smallest absolute Gasteiger partial charge is 0.350 e. The van der Waals surface area contributed by atoms with Gasteiger partial charge in [-0.2, -0.15) is 0 Å². The number of hydrogen-bond donors (Lipinski definition) is 1. The Morgan fingerprint density at radius 1 is 1.24 bits per heavy atom. The molecule has 90 valence electrons. The number of carbonyl (C=O) groups is 2. The summed E-state index contributed by atoms with van der Waals surface area (Å²) in [6.45, 7) is 2.96. The van der Waals surface area contributed by atoms with Gasteiger partial charge in [0.05, 0.1) is 0 Å². The lowest BCUT2D eigenvalue weighted by Gasteiger charge is -2.29. The van der Waals surface area contributed by atoms with E-state index in [2.05, 4.69) is 15.6 Å². The summed E-state index contributed by atoms with van der Waals surface area (Å²) in [5.41, 5.74) is 2.39. The molecule has 1 N–H and O–H groups in total. The quantitative estimate of drug-likeness (QED) is 0.423. The predicted molar refractivity (Wildman–Crippen MR) is 53.7 cm³/mol. The average Bonchev–Trinajstić information content (AvgIpc) is 2.67. The Kier molecular flexibility index (Phi) is 2.54. The highest BCUT2D eigenvalue weighted by atomic mass is 16.7. The third-order valence-corrected chi connectivity index (χ3v) is 1.89. The Morgan fingerprint density at radius 2 is 1.76 bits per heavy atom.